The first kappa shape index (κ1) is 24.4. The molecule has 1 aliphatic carbocycles. The fraction of sp³-hybridized carbons (Fsp3) is 0.708. The van der Waals surface area contributed by atoms with Gasteiger partial charge in [0.05, 0.1) is 23.3 Å². The van der Waals surface area contributed by atoms with Gasteiger partial charge in [0.2, 0.25) is 5.89 Å². The summed E-state index contributed by atoms with van der Waals surface area (Å²) in [7, 11) is 0. The molecule has 0 spiro atoms. The van der Waals surface area contributed by atoms with Crippen LogP contribution in [-0.4, -0.2) is 39.9 Å². The van der Waals surface area contributed by atoms with Crippen molar-refractivity contribution in [3.63, 3.8) is 0 Å². The van der Waals surface area contributed by atoms with E-state index in [2.05, 4.69) is 14.9 Å². The number of fused-ring (bicyclic) bond motifs is 1. The summed E-state index contributed by atoms with van der Waals surface area (Å²) >= 11 is 1.46. The summed E-state index contributed by atoms with van der Waals surface area (Å²) in [6, 6.07) is 0. The van der Waals surface area contributed by atoms with Gasteiger partial charge in [0.1, 0.15) is 11.5 Å². The topological polar surface area (TPSA) is 59.2 Å². The molecule has 9 heteroatoms. The SMILES string of the molecule is Cc1cnc(CC(=O)CC2CCC(CCN3CCc4sc(CCC(F)(F)F)nc4C3)CC2)o1. The van der Waals surface area contributed by atoms with Crippen LogP contribution >= 0.6 is 11.3 Å². The van der Waals surface area contributed by atoms with Crippen LogP contribution < -0.4 is 0 Å². The Labute approximate surface area is 196 Å². The molecular formula is C24H32F3N3O2S. The molecule has 0 amide bonds. The van der Waals surface area contributed by atoms with Crippen LogP contribution in [0.3, 0.4) is 0 Å². The van der Waals surface area contributed by atoms with Crippen molar-refractivity contribution in [3.8, 4) is 0 Å². The summed E-state index contributed by atoms with van der Waals surface area (Å²) in [6.07, 6.45) is 4.16. The largest absolute Gasteiger partial charge is 0.446 e. The van der Waals surface area contributed by atoms with Crippen LogP contribution in [-0.2, 0) is 30.6 Å². The lowest BCUT2D eigenvalue weighted by atomic mass is 9.78. The summed E-state index contributed by atoms with van der Waals surface area (Å²) < 4.78 is 42.9. The monoisotopic (exact) mass is 483 g/mol. The molecule has 1 fully saturated rings. The summed E-state index contributed by atoms with van der Waals surface area (Å²) in [6.45, 7) is 4.55. The predicted octanol–water partition coefficient (Wildman–Crippen LogP) is 5.69. The Balaban J connectivity index is 1.15. The average Bonchev–Trinajstić information content (AvgIpc) is 3.36. The zero-order valence-electron chi connectivity index (χ0n) is 19.1. The van der Waals surface area contributed by atoms with Gasteiger partial charge in [-0.1, -0.05) is 12.8 Å². The fourth-order valence-corrected chi connectivity index (χ4v) is 6.05. The zero-order chi connectivity index (χ0) is 23.4. The maximum absolute atomic E-state index is 12.5. The van der Waals surface area contributed by atoms with Gasteiger partial charge in [0, 0.05) is 37.2 Å². The molecule has 0 saturated heterocycles. The Bertz CT molecular complexity index is 932. The van der Waals surface area contributed by atoms with Crippen molar-refractivity contribution >= 4 is 17.1 Å². The van der Waals surface area contributed by atoms with Gasteiger partial charge in [-0.3, -0.25) is 9.69 Å². The predicted molar refractivity (Wildman–Crippen MR) is 120 cm³/mol. The third-order valence-corrected chi connectivity index (χ3v) is 8.04. The van der Waals surface area contributed by atoms with Crippen molar-refractivity contribution < 1.29 is 22.4 Å². The number of aryl methyl sites for hydroxylation is 2. The van der Waals surface area contributed by atoms with Crippen LogP contribution in [0.4, 0.5) is 13.2 Å². The lowest BCUT2D eigenvalue weighted by Crippen LogP contribution is -2.32. The molecule has 0 radical (unpaired) electrons. The molecule has 1 aliphatic heterocycles. The van der Waals surface area contributed by atoms with Gasteiger partial charge in [-0.2, -0.15) is 13.2 Å². The molecule has 5 nitrogen and oxygen atoms in total. The minimum atomic E-state index is -4.12. The first-order chi connectivity index (χ1) is 15.7. The molecule has 2 aliphatic rings. The molecule has 3 heterocycles. The van der Waals surface area contributed by atoms with Gasteiger partial charge in [-0.15, -0.1) is 11.3 Å². The fourth-order valence-electron chi connectivity index (χ4n) is 4.99. The molecule has 0 N–H and O–H groups in total. The highest BCUT2D eigenvalue weighted by Gasteiger charge is 2.29. The number of ketones is 1. The normalized spacial score (nSPS) is 21.8. The maximum Gasteiger partial charge on any atom is 0.389 e. The molecule has 1 saturated carbocycles. The summed E-state index contributed by atoms with van der Waals surface area (Å²) in [5, 5.41) is 0.616. The van der Waals surface area contributed by atoms with Gasteiger partial charge in [0.15, 0.2) is 0 Å². The van der Waals surface area contributed by atoms with E-state index in [1.807, 2.05) is 6.92 Å². The molecule has 2 aromatic heterocycles. The van der Waals surface area contributed by atoms with Crippen molar-refractivity contribution in [2.45, 2.75) is 83.9 Å². The van der Waals surface area contributed by atoms with E-state index in [4.69, 9.17) is 4.42 Å². The lowest BCUT2D eigenvalue weighted by molar-refractivity contribution is -0.134. The molecule has 33 heavy (non-hydrogen) atoms. The van der Waals surface area contributed by atoms with Crippen LogP contribution in [0.1, 0.15) is 72.2 Å². The molecule has 4 rings (SSSR count). The van der Waals surface area contributed by atoms with E-state index in [0.29, 0.717) is 35.6 Å². The highest BCUT2D eigenvalue weighted by molar-refractivity contribution is 7.11. The number of hydrogen-bond donors (Lipinski definition) is 0. The van der Waals surface area contributed by atoms with Crippen molar-refractivity contribution in [2.24, 2.45) is 11.8 Å². The van der Waals surface area contributed by atoms with E-state index >= 15 is 0 Å². The van der Waals surface area contributed by atoms with Gasteiger partial charge in [-0.05, 0) is 51.0 Å². The molecule has 0 bridgehead atoms. The smallest absolute Gasteiger partial charge is 0.389 e. The number of nitrogens with zero attached hydrogens (tertiary/aromatic N) is 3. The van der Waals surface area contributed by atoms with Gasteiger partial charge in [0.25, 0.3) is 0 Å². The van der Waals surface area contributed by atoms with Crippen molar-refractivity contribution in [1.82, 2.24) is 14.9 Å². The number of carbonyl (C=O) groups is 1. The molecule has 0 aromatic carbocycles. The van der Waals surface area contributed by atoms with E-state index in [0.717, 1.165) is 74.5 Å². The first-order valence-electron chi connectivity index (χ1n) is 11.9. The van der Waals surface area contributed by atoms with Crippen molar-refractivity contribution in [3.05, 3.63) is 33.4 Å². The van der Waals surface area contributed by atoms with Crippen LogP contribution in [0, 0.1) is 18.8 Å². The molecular weight excluding hydrogens is 451 g/mol. The Morgan fingerprint density at radius 1 is 1.24 bits per heavy atom. The first-order valence-corrected chi connectivity index (χ1v) is 12.7. The highest BCUT2D eigenvalue weighted by atomic mass is 32.1. The number of halogens is 3. The second-order valence-electron chi connectivity index (χ2n) is 9.58. The number of Topliss-reactive ketones (excluding diaryl/α,β-unsaturated/α-hetero) is 1. The third-order valence-electron chi connectivity index (χ3n) is 6.83. The van der Waals surface area contributed by atoms with E-state index in [-0.39, 0.29) is 12.2 Å². The van der Waals surface area contributed by atoms with Crippen LogP contribution in [0.2, 0.25) is 0 Å². The lowest BCUT2D eigenvalue weighted by Gasteiger charge is -2.31. The van der Waals surface area contributed by atoms with Crippen molar-refractivity contribution in [1.29, 1.82) is 0 Å². The Morgan fingerprint density at radius 2 is 2.00 bits per heavy atom. The number of carbonyl (C=O) groups excluding carboxylic acids is 1. The molecule has 2 aromatic rings. The third kappa shape index (κ3) is 7.37. The highest BCUT2D eigenvalue weighted by Crippen LogP contribution is 2.34. The van der Waals surface area contributed by atoms with Crippen LogP contribution in [0.15, 0.2) is 10.6 Å². The Morgan fingerprint density at radius 3 is 2.70 bits per heavy atom. The van der Waals surface area contributed by atoms with Gasteiger partial charge >= 0.3 is 6.18 Å². The zero-order valence-corrected chi connectivity index (χ0v) is 19.9. The quantitative estimate of drug-likeness (QED) is 0.459. The molecule has 0 atom stereocenters. The minimum Gasteiger partial charge on any atom is -0.446 e. The van der Waals surface area contributed by atoms with Gasteiger partial charge in [-0.25, -0.2) is 9.97 Å². The molecule has 0 unspecified atom stereocenters. The second kappa shape index (κ2) is 10.7. The van der Waals surface area contributed by atoms with Crippen LogP contribution in [0.25, 0.3) is 0 Å². The number of thiazole rings is 1. The number of oxazole rings is 1. The Hall–Kier alpha value is -1.74. The standard InChI is InChI=1S/C24H32F3N3O2S/c1-16-14-28-22(32-16)13-19(31)12-18-4-2-17(3-5-18)7-10-30-11-8-21-20(15-30)29-23(33-21)6-9-24(25,26)27/h14,17-18H,2-13,15H2,1H3. The Kier molecular flexibility index (Phi) is 7.89. The number of hydrogen-bond acceptors (Lipinski definition) is 6. The van der Waals surface area contributed by atoms with E-state index in [9.17, 15) is 18.0 Å². The summed E-state index contributed by atoms with van der Waals surface area (Å²) in [5.74, 6) is 2.61. The second-order valence-corrected chi connectivity index (χ2v) is 10.7. The van der Waals surface area contributed by atoms with Crippen LogP contribution in [0.5, 0.6) is 0 Å². The van der Waals surface area contributed by atoms with E-state index < -0.39 is 12.6 Å². The minimum absolute atomic E-state index is 0.00935. The van der Waals surface area contributed by atoms with Gasteiger partial charge < -0.3 is 4.42 Å². The number of aromatic nitrogens is 2. The average molecular weight is 484 g/mol. The van der Waals surface area contributed by atoms with E-state index in [1.165, 1.54) is 11.3 Å². The van der Waals surface area contributed by atoms with E-state index in [1.54, 1.807) is 6.20 Å². The van der Waals surface area contributed by atoms with Crippen molar-refractivity contribution in [2.75, 3.05) is 13.1 Å². The molecule has 182 valence electrons. The summed E-state index contributed by atoms with van der Waals surface area (Å²) in [4.78, 5) is 24.5. The summed E-state index contributed by atoms with van der Waals surface area (Å²) in [5.41, 5.74) is 0.979. The number of alkyl halides is 3. The maximum atomic E-state index is 12.5. The number of rotatable bonds is 9.